The van der Waals surface area contributed by atoms with Crippen LogP contribution in [0.3, 0.4) is 0 Å². The predicted octanol–water partition coefficient (Wildman–Crippen LogP) is 6.83. The molecule has 0 fully saturated rings. The van der Waals surface area contributed by atoms with E-state index in [0.29, 0.717) is 0 Å². The summed E-state index contributed by atoms with van der Waals surface area (Å²) in [5.74, 6) is 0. The highest BCUT2D eigenvalue weighted by molar-refractivity contribution is 5.93. The largest absolute Gasteiger partial charge is 0.324 e. The highest BCUT2D eigenvalue weighted by atomic mass is 14.8. The molecule has 0 spiro atoms. The number of allylic oxidation sites excluding steroid dienone is 4. The van der Waals surface area contributed by atoms with Gasteiger partial charge in [0, 0.05) is 17.9 Å². The van der Waals surface area contributed by atoms with Crippen molar-refractivity contribution >= 4 is 21.9 Å². The molecular formula is C26H23N. The average Bonchev–Trinajstić information content (AvgIpc) is 3.23. The fraction of sp³-hybridized carbons (Fsp3) is 0.154. The van der Waals surface area contributed by atoms with Gasteiger partial charge in [-0.1, -0.05) is 60.2 Å². The molecule has 2 heterocycles. The first-order valence-corrected chi connectivity index (χ1v) is 9.81. The molecule has 0 amide bonds. The standard InChI is InChI=1S/C18H16.C8H7N/c1-3-7-15-13(5-1)9-11-18-16-8-4-2-6-14(16)10-12-17(15)18;1-2-6-9-7-3-5-8(9)4-1/h1,3-5,7-9,11H,2,6,10,12H2;1-7H. The van der Waals surface area contributed by atoms with E-state index in [1.807, 2.05) is 30.6 Å². The van der Waals surface area contributed by atoms with Crippen LogP contribution in [0.4, 0.5) is 0 Å². The molecule has 132 valence electrons. The molecule has 0 unspecified atom stereocenters. The Morgan fingerprint density at radius 2 is 1.56 bits per heavy atom. The molecule has 0 saturated carbocycles. The van der Waals surface area contributed by atoms with Gasteiger partial charge in [-0.15, -0.1) is 0 Å². The van der Waals surface area contributed by atoms with E-state index in [2.05, 4.69) is 65.1 Å². The first kappa shape index (κ1) is 16.1. The number of aryl methyl sites for hydroxylation is 1. The first-order chi connectivity index (χ1) is 13.4. The monoisotopic (exact) mass is 349 g/mol. The Kier molecular flexibility index (Phi) is 4.14. The van der Waals surface area contributed by atoms with Crippen LogP contribution in [0, 0.1) is 0 Å². The van der Waals surface area contributed by atoms with Crippen LogP contribution in [-0.4, -0.2) is 4.40 Å². The summed E-state index contributed by atoms with van der Waals surface area (Å²) in [7, 11) is 0. The molecule has 6 rings (SSSR count). The van der Waals surface area contributed by atoms with Gasteiger partial charge in [-0.25, -0.2) is 0 Å². The van der Waals surface area contributed by atoms with E-state index in [1.54, 1.807) is 11.1 Å². The number of nitrogens with zero attached hydrogens (tertiary/aromatic N) is 1. The summed E-state index contributed by atoms with van der Waals surface area (Å²) in [6, 6.07) is 23.6. The molecule has 0 radical (unpaired) electrons. The molecule has 0 aliphatic heterocycles. The number of benzene rings is 2. The predicted molar refractivity (Wildman–Crippen MR) is 115 cm³/mol. The lowest BCUT2D eigenvalue weighted by atomic mass is 9.80. The zero-order chi connectivity index (χ0) is 18.1. The number of hydrogen-bond donors (Lipinski definition) is 0. The third-order valence-electron chi connectivity index (χ3n) is 5.72. The van der Waals surface area contributed by atoms with Crippen molar-refractivity contribution in [1.29, 1.82) is 0 Å². The summed E-state index contributed by atoms with van der Waals surface area (Å²) < 4.78 is 2.08. The van der Waals surface area contributed by atoms with E-state index < -0.39 is 0 Å². The number of hydrogen-bond acceptors (Lipinski definition) is 0. The van der Waals surface area contributed by atoms with Crippen LogP contribution < -0.4 is 0 Å². The lowest BCUT2D eigenvalue weighted by molar-refractivity contribution is 0.831. The molecule has 1 heteroatoms. The lowest BCUT2D eigenvalue weighted by Gasteiger charge is -2.25. The van der Waals surface area contributed by atoms with Crippen LogP contribution in [0.15, 0.2) is 96.8 Å². The van der Waals surface area contributed by atoms with E-state index >= 15 is 0 Å². The number of rotatable bonds is 0. The van der Waals surface area contributed by atoms with E-state index in [-0.39, 0.29) is 0 Å². The number of fused-ring (bicyclic) bond motifs is 5. The fourth-order valence-electron chi connectivity index (χ4n) is 4.37. The third-order valence-corrected chi connectivity index (χ3v) is 5.72. The summed E-state index contributed by atoms with van der Waals surface area (Å²) in [5, 5.41) is 2.82. The highest BCUT2D eigenvalue weighted by Crippen LogP contribution is 2.39. The van der Waals surface area contributed by atoms with E-state index in [4.69, 9.17) is 0 Å². The SMILES string of the molecule is C1=CC2=C(CC1)CCc1c2ccc2ccccc12.c1ccn2cccc2c1. The Morgan fingerprint density at radius 3 is 2.52 bits per heavy atom. The summed E-state index contributed by atoms with van der Waals surface area (Å²) in [6.45, 7) is 0. The third kappa shape index (κ3) is 3.00. The van der Waals surface area contributed by atoms with Gasteiger partial charge in [0.2, 0.25) is 0 Å². The van der Waals surface area contributed by atoms with Gasteiger partial charge < -0.3 is 4.40 Å². The van der Waals surface area contributed by atoms with Crippen LogP contribution in [0.1, 0.15) is 30.4 Å². The molecular weight excluding hydrogens is 326 g/mol. The van der Waals surface area contributed by atoms with Gasteiger partial charge in [-0.05, 0) is 77.4 Å². The van der Waals surface area contributed by atoms with Crippen molar-refractivity contribution in [2.75, 3.05) is 0 Å². The molecule has 2 aliphatic carbocycles. The maximum atomic E-state index is 2.34. The van der Waals surface area contributed by atoms with Crippen molar-refractivity contribution in [3.63, 3.8) is 0 Å². The van der Waals surface area contributed by atoms with Crippen LogP contribution in [0.5, 0.6) is 0 Å². The maximum absolute atomic E-state index is 2.34. The Hall–Kier alpha value is -3.06. The molecule has 0 N–H and O–H groups in total. The average molecular weight is 349 g/mol. The van der Waals surface area contributed by atoms with Crippen LogP contribution in [0.25, 0.3) is 21.9 Å². The van der Waals surface area contributed by atoms with Gasteiger partial charge in [0.05, 0.1) is 0 Å². The fourth-order valence-corrected chi connectivity index (χ4v) is 4.37. The van der Waals surface area contributed by atoms with Crippen LogP contribution in [-0.2, 0) is 6.42 Å². The molecule has 2 aliphatic rings. The quantitative estimate of drug-likeness (QED) is 0.328. The Morgan fingerprint density at radius 1 is 0.704 bits per heavy atom. The van der Waals surface area contributed by atoms with Gasteiger partial charge in [0.1, 0.15) is 0 Å². The minimum atomic E-state index is 1.21. The van der Waals surface area contributed by atoms with Crippen molar-refractivity contribution in [2.24, 2.45) is 0 Å². The summed E-state index contributed by atoms with van der Waals surface area (Å²) in [4.78, 5) is 0. The molecule has 0 bridgehead atoms. The number of aromatic nitrogens is 1. The molecule has 0 saturated heterocycles. The van der Waals surface area contributed by atoms with Crippen molar-refractivity contribution in [2.45, 2.75) is 25.7 Å². The van der Waals surface area contributed by atoms with E-state index in [1.165, 1.54) is 53.1 Å². The van der Waals surface area contributed by atoms with Crippen molar-refractivity contribution < 1.29 is 0 Å². The minimum absolute atomic E-state index is 1.21. The first-order valence-electron chi connectivity index (χ1n) is 9.81. The normalized spacial score (nSPS) is 15.3. The summed E-state index contributed by atoms with van der Waals surface area (Å²) in [5.41, 5.74) is 7.45. The van der Waals surface area contributed by atoms with Crippen LogP contribution in [0.2, 0.25) is 0 Å². The summed E-state index contributed by atoms with van der Waals surface area (Å²) in [6.07, 6.45) is 13.7. The smallest absolute Gasteiger partial charge is 0.0449 e. The molecule has 1 nitrogen and oxygen atoms in total. The van der Waals surface area contributed by atoms with Gasteiger partial charge in [-0.2, -0.15) is 0 Å². The topological polar surface area (TPSA) is 4.41 Å². The van der Waals surface area contributed by atoms with Crippen molar-refractivity contribution in [3.05, 3.63) is 108 Å². The zero-order valence-electron chi connectivity index (χ0n) is 15.4. The minimum Gasteiger partial charge on any atom is -0.324 e. The molecule has 4 aromatic rings. The molecule has 2 aromatic carbocycles. The second-order valence-electron chi connectivity index (χ2n) is 7.31. The van der Waals surface area contributed by atoms with E-state index in [9.17, 15) is 0 Å². The van der Waals surface area contributed by atoms with Crippen LogP contribution >= 0.6 is 0 Å². The second kappa shape index (κ2) is 6.92. The summed E-state index contributed by atoms with van der Waals surface area (Å²) >= 11 is 0. The van der Waals surface area contributed by atoms with Crippen molar-refractivity contribution in [1.82, 2.24) is 4.40 Å². The molecule has 27 heavy (non-hydrogen) atoms. The highest BCUT2D eigenvalue weighted by Gasteiger charge is 2.20. The zero-order valence-corrected chi connectivity index (χ0v) is 15.4. The van der Waals surface area contributed by atoms with Gasteiger partial charge in [0.15, 0.2) is 0 Å². The van der Waals surface area contributed by atoms with Gasteiger partial charge >= 0.3 is 0 Å². The van der Waals surface area contributed by atoms with Gasteiger partial charge in [0.25, 0.3) is 0 Å². The van der Waals surface area contributed by atoms with Crippen molar-refractivity contribution in [3.8, 4) is 0 Å². The Labute approximate surface area is 160 Å². The molecule has 2 aromatic heterocycles. The lowest BCUT2D eigenvalue weighted by Crippen LogP contribution is -2.06. The van der Waals surface area contributed by atoms with E-state index in [0.717, 1.165) is 0 Å². The Balaban J connectivity index is 0.000000149. The number of pyridine rings is 1. The second-order valence-corrected chi connectivity index (χ2v) is 7.31. The maximum Gasteiger partial charge on any atom is 0.0449 e. The van der Waals surface area contributed by atoms with Gasteiger partial charge in [-0.3, -0.25) is 0 Å². The molecule has 0 atom stereocenters. The Bertz CT molecular complexity index is 1140.